The van der Waals surface area contributed by atoms with Gasteiger partial charge in [0.05, 0.1) is 0 Å². The summed E-state index contributed by atoms with van der Waals surface area (Å²) < 4.78 is 0. The fourth-order valence-corrected chi connectivity index (χ4v) is 3.05. The lowest BCUT2D eigenvalue weighted by molar-refractivity contribution is 0.564. The molecule has 0 saturated carbocycles. The predicted octanol–water partition coefficient (Wildman–Crippen LogP) is 1.59. The van der Waals surface area contributed by atoms with Crippen LogP contribution in [0.4, 0.5) is 0 Å². The molecule has 1 aromatic rings. The minimum Gasteiger partial charge on any atom is -0.428 e. The molecular weight excluding hydrogens is 202 g/mol. The van der Waals surface area contributed by atoms with Crippen molar-refractivity contribution in [2.24, 2.45) is 0 Å². The third-order valence-electron chi connectivity index (χ3n) is 2.38. The van der Waals surface area contributed by atoms with Crippen LogP contribution >= 0.6 is 0 Å². The van der Waals surface area contributed by atoms with Gasteiger partial charge in [-0.2, -0.15) is 0 Å². The maximum atomic E-state index is 10.1. The second kappa shape index (κ2) is 4.92. The topological polar surface area (TPSA) is 32.3 Å². The van der Waals surface area contributed by atoms with E-state index < -0.39 is 8.32 Å². The fourth-order valence-electron chi connectivity index (χ4n) is 1.59. The van der Waals surface area contributed by atoms with E-state index in [9.17, 15) is 4.80 Å². The first-order valence-corrected chi connectivity index (χ1v) is 8.40. The number of hydrogen-bond donors (Lipinski definition) is 2. The van der Waals surface area contributed by atoms with Gasteiger partial charge in [-0.05, 0) is 23.8 Å². The molecule has 0 aliphatic rings. The Labute approximate surface area is 93.5 Å². The molecule has 0 aromatic heterocycles. The van der Waals surface area contributed by atoms with Gasteiger partial charge in [0.15, 0.2) is 0 Å². The van der Waals surface area contributed by atoms with Gasteiger partial charge in [0, 0.05) is 12.6 Å². The highest BCUT2D eigenvalue weighted by atomic mass is 28.4. The van der Waals surface area contributed by atoms with Crippen LogP contribution in [0.2, 0.25) is 13.1 Å². The fraction of sp³-hybridized carbons (Fsp3) is 0.500. The third kappa shape index (κ3) is 3.78. The molecule has 0 aliphatic carbocycles. The zero-order chi connectivity index (χ0) is 11.5. The van der Waals surface area contributed by atoms with Gasteiger partial charge < -0.3 is 10.1 Å². The van der Waals surface area contributed by atoms with Crippen molar-refractivity contribution in [1.82, 2.24) is 5.32 Å². The highest BCUT2D eigenvalue weighted by Crippen LogP contribution is 2.04. The van der Waals surface area contributed by atoms with E-state index in [0.29, 0.717) is 6.04 Å². The normalized spacial score (nSPS) is 12.1. The Morgan fingerprint density at radius 2 is 1.87 bits per heavy atom. The molecule has 0 aliphatic heterocycles. The molecule has 0 radical (unpaired) electrons. The molecule has 0 amide bonds. The van der Waals surface area contributed by atoms with Gasteiger partial charge in [0.25, 0.3) is 0 Å². The zero-order valence-electron chi connectivity index (χ0n) is 10.0. The summed E-state index contributed by atoms with van der Waals surface area (Å²) in [4.78, 5) is 10.1. The summed E-state index contributed by atoms with van der Waals surface area (Å²) in [6.07, 6.45) is 0. The van der Waals surface area contributed by atoms with Gasteiger partial charge in [-0.1, -0.05) is 38.1 Å². The monoisotopic (exact) mass is 223 g/mol. The SMILES string of the molecule is CC(C)NCc1ccccc1[Si](C)(C)O. The van der Waals surface area contributed by atoms with E-state index in [-0.39, 0.29) is 0 Å². The first-order chi connectivity index (χ1) is 6.91. The molecule has 3 heteroatoms. The number of benzene rings is 1. The minimum atomic E-state index is -2.19. The largest absolute Gasteiger partial charge is 0.428 e. The Kier molecular flexibility index (Phi) is 4.08. The minimum absolute atomic E-state index is 0.474. The molecule has 0 saturated heterocycles. The van der Waals surface area contributed by atoms with Gasteiger partial charge in [-0.15, -0.1) is 0 Å². The van der Waals surface area contributed by atoms with Crippen LogP contribution in [-0.2, 0) is 6.54 Å². The Morgan fingerprint density at radius 1 is 1.27 bits per heavy atom. The van der Waals surface area contributed by atoms with Crippen LogP contribution in [-0.4, -0.2) is 19.2 Å². The Balaban J connectivity index is 2.87. The van der Waals surface area contributed by atoms with Gasteiger partial charge in [-0.25, -0.2) is 0 Å². The lowest BCUT2D eigenvalue weighted by Gasteiger charge is -2.20. The van der Waals surface area contributed by atoms with Crippen LogP contribution in [0.3, 0.4) is 0 Å². The molecule has 1 aromatic carbocycles. The van der Waals surface area contributed by atoms with E-state index in [4.69, 9.17) is 0 Å². The molecule has 15 heavy (non-hydrogen) atoms. The lowest BCUT2D eigenvalue weighted by Crippen LogP contribution is -2.44. The van der Waals surface area contributed by atoms with Crippen molar-refractivity contribution < 1.29 is 4.80 Å². The molecule has 0 bridgehead atoms. The summed E-state index contributed by atoms with van der Waals surface area (Å²) in [6.45, 7) is 9.02. The zero-order valence-corrected chi connectivity index (χ0v) is 11.0. The average molecular weight is 223 g/mol. The highest BCUT2D eigenvalue weighted by molar-refractivity contribution is 6.83. The molecule has 2 nitrogen and oxygen atoms in total. The van der Waals surface area contributed by atoms with Crippen molar-refractivity contribution in [2.75, 3.05) is 0 Å². The highest BCUT2D eigenvalue weighted by Gasteiger charge is 2.22. The van der Waals surface area contributed by atoms with E-state index in [1.807, 2.05) is 31.3 Å². The quantitative estimate of drug-likeness (QED) is 0.760. The van der Waals surface area contributed by atoms with Crippen molar-refractivity contribution >= 4 is 13.5 Å². The molecule has 0 unspecified atom stereocenters. The van der Waals surface area contributed by atoms with Crippen molar-refractivity contribution in [3.63, 3.8) is 0 Å². The van der Waals surface area contributed by atoms with Crippen LogP contribution in [0.5, 0.6) is 0 Å². The Morgan fingerprint density at radius 3 is 2.40 bits per heavy atom. The standard InChI is InChI=1S/C12H21NOSi/c1-10(2)13-9-11-7-5-6-8-12(11)15(3,4)14/h5-8,10,13-14H,9H2,1-4H3. The van der Waals surface area contributed by atoms with Gasteiger partial charge in [0.2, 0.25) is 8.32 Å². The van der Waals surface area contributed by atoms with Gasteiger partial charge in [0.1, 0.15) is 0 Å². The van der Waals surface area contributed by atoms with Crippen molar-refractivity contribution in [2.45, 2.75) is 39.5 Å². The average Bonchev–Trinajstić information content (AvgIpc) is 2.13. The summed E-state index contributed by atoms with van der Waals surface area (Å²) in [6, 6.07) is 8.64. The first kappa shape index (κ1) is 12.4. The lowest BCUT2D eigenvalue weighted by atomic mass is 10.2. The van der Waals surface area contributed by atoms with E-state index in [0.717, 1.165) is 11.7 Å². The first-order valence-electron chi connectivity index (χ1n) is 5.45. The smallest absolute Gasteiger partial charge is 0.214 e. The van der Waals surface area contributed by atoms with Crippen LogP contribution in [0.25, 0.3) is 0 Å². The van der Waals surface area contributed by atoms with Crippen LogP contribution in [0.15, 0.2) is 24.3 Å². The molecule has 2 N–H and O–H groups in total. The molecule has 0 heterocycles. The maximum absolute atomic E-state index is 10.1. The summed E-state index contributed by atoms with van der Waals surface area (Å²) >= 11 is 0. The van der Waals surface area contributed by atoms with Gasteiger partial charge >= 0.3 is 0 Å². The van der Waals surface area contributed by atoms with Crippen molar-refractivity contribution in [3.05, 3.63) is 29.8 Å². The van der Waals surface area contributed by atoms with Crippen molar-refractivity contribution in [1.29, 1.82) is 0 Å². The summed E-state index contributed by atoms with van der Waals surface area (Å²) in [5.41, 5.74) is 1.23. The number of rotatable bonds is 4. The van der Waals surface area contributed by atoms with Crippen LogP contribution in [0.1, 0.15) is 19.4 Å². The van der Waals surface area contributed by atoms with E-state index in [2.05, 4.69) is 25.2 Å². The molecule has 0 atom stereocenters. The number of nitrogens with one attached hydrogen (secondary N) is 1. The molecule has 0 spiro atoms. The van der Waals surface area contributed by atoms with E-state index in [1.165, 1.54) is 5.56 Å². The van der Waals surface area contributed by atoms with Gasteiger partial charge in [-0.3, -0.25) is 0 Å². The van der Waals surface area contributed by atoms with Crippen LogP contribution < -0.4 is 10.5 Å². The second-order valence-electron chi connectivity index (χ2n) is 4.75. The molecule has 0 fully saturated rings. The Hall–Kier alpha value is -0.643. The number of hydrogen-bond acceptors (Lipinski definition) is 2. The molecule has 84 valence electrons. The predicted molar refractivity (Wildman–Crippen MR) is 67.8 cm³/mol. The maximum Gasteiger partial charge on any atom is 0.214 e. The second-order valence-corrected chi connectivity index (χ2v) is 8.41. The third-order valence-corrected chi connectivity index (χ3v) is 4.18. The summed E-state index contributed by atoms with van der Waals surface area (Å²) in [5.74, 6) is 0. The van der Waals surface area contributed by atoms with E-state index >= 15 is 0 Å². The Bertz CT molecular complexity index is 318. The summed E-state index contributed by atoms with van der Waals surface area (Å²) in [5, 5.41) is 4.52. The van der Waals surface area contributed by atoms with Crippen molar-refractivity contribution in [3.8, 4) is 0 Å². The summed E-state index contributed by atoms with van der Waals surface area (Å²) in [7, 11) is -2.19. The molecule has 1 rings (SSSR count). The van der Waals surface area contributed by atoms with E-state index in [1.54, 1.807) is 0 Å². The molecular formula is C12H21NOSi. The van der Waals surface area contributed by atoms with Crippen LogP contribution in [0, 0.1) is 0 Å².